The Hall–Kier alpha value is -1.12. The van der Waals surface area contributed by atoms with Crippen molar-refractivity contribution in [2.24, 2.45) is 0 Å². The predicted molar refractivity (Wildman–Crippen MR) is 87.3 cm³/mol. The molecule has 0 spiro atoms. The molecule has 1 N–H and O–H groups in total. The van der Waals surface area contributed by atoms with Crippen LogP contribution in [0.5, 0.6) is 0 Å². The van der Waals surface area contributed by atoms with Gasteiger partial charge < -0.3 is 5.32 Å². The fourth-order valence-electron chi connectivity index (χ4n) is 1.83. The van der Waals surface area contributed by atoms with Crippen LogP contribution in [0.3, 0.4) is 0 Å². The Morgan fingerprint density at radius 1 is 1.05 bits per heavy atom. The lowest BCUT2D eigenvalue weighted by Gasteiger charge is -2.09. The van der Waals surface area contributed by atoms with Gasteiger partial charge in [-0.05, 0) is 30.2 Å². The Morgan fingerprint density at radius 2 is 1.79 bits per heavy atom. The topological polar surface area (TPSA) is 12.0 Å². The number of halogens is 1. The van der Waals surface area contributed by atoms with E-state index in [2.05, 4.69) is 42.6 Å². The van der Waals surface area contributed by atoms with Gasteiger partial charge in [0.1, 0.15) is 0 Å². The van der Waals surface area contributed by atoms with Crippen LogP contribution < -0.4 is 5.32 Å². The van der Waals surface area contributed by atoms with Gasteiger partial charge in [0.25, 0.3) is 0 Å². The van der Waals surface area contributed by atoms with Crippen molar-refractivity contribution in [3.8, 4) is 0 Å². The average Bonchev–Trinajstić information content (AvgIpc) is 2.42. The summed E-state index contributed by atoms with van der Waals surface area (Å²) in [5.41, 5.74) is 3.73. The molecule has 0 heterocycles. The molecule has 0 aromatic heterocycles. The maximum absolute atomic E-state index is 6.12. The third-order valence-electron chi connectivity index (χ3n) is 2.92. The fraction of sp³-hybridized carbons (Fsp3) is 0.250. The van der Waals surface area contributed by atoms with Crippen molar-refractivity contribution in [1.29, 1.82) is 0 Å². The largest absolute Gasteiger partial charge is 0.384 e. The van der Waals surface area contributed by atoms with Crippen LogP contribution >= 0.6 is 23.4 Å². The molecule has 0 aliphatic rings. The Bertz CT molecular complexity index is 480. The highest BCUT2D eigenvalue weighted by Gasteiger charge is 1.99. The first-order valence-electron chi connectivity index (χ1n) is 6.38. The molecule has 0 atom stereocenters. The highest BCUT2D eigenvalue weighted by atomic mass is 35.5. The van der Waals surface area contributed by atoms with Crippen LogP contribution in [0.4, 0.5) is 5.69 Å². The van der Waals surface area contributed by atoms with Gasteiger partial charge in [-0.25, -0.2) is 0 Å². The van der Waals surface area contributed by atoms with Crippen LogP contribution in [0, 0.1) is 6.92 Å². The van der Waals surface area contributed by atoms with Crippen LogP contribution in [0.15, 0.2) is 48.5 Å². The molecule has 0 saturated carbocycles. The molecule has 3 heteroatoms. The van der Waals surface area contributed by atoms with E-state index in [0.29, 0.717) is 0 Å². The van der Waals surface area contributed by atoms with Crippen molar-refractivity contribution < 1.29 is 0 Å². The number of hydrogen-bond acceptors (Lipinski definition) is 2. The lowest BCUT2D eigenvalue weighted by Crippen LogP contribution is -2.05. The molecule has 0 aliphatic heterocycles. The van der Waals surface area contributed by atoms with Crippen LogP contribution in [0.25, 0.3) is 0 Å². The summed E-state index contributed by atoms with van der Waals surface area (Å²) >= 11 is 8.02. The Balaban J connectivity index is 1.71. The normalized spacial score (nSPS) is 10.4. The van der Waals surface area contributed by atoms with Crippen molar-refractivity contribution >= 4 is 29.1 Å². The standard InChI is InChI=1S/C16H18ClNS/c1-13-6-2-5-9-16(13)18-10-11-19-12-14-7-3-4-8-15(14)17/h2-9,18H,10-12H2,1H3. The van der Waals surface area contributed by atoms with E-state index in [1.54, 1.807) is 0 Å². The second-order valence-corrected chi connectivity index (χ2v) is 5.90. The first kappa shape index (κ1) is 14.3. The molecule has 0 amide bonds. The second-order valence-electron chi connectivity index (χ2n) is 4.39. The van der Waals surface area contributed by atoms with Gasteiger partial charge in [0.2, 0.25) is 0 Å². The number of benzene rings is 2. The monoisotopic (exact) mass is 291 g/mol. The van der Waals surface area contributed by atoms with E-state index in [1.165, 1.54) is 16.8 Å². The van der Waals surface area contributed by atoms with Crippen LogP contribution in [-0.4, -0.2) is 12.3 Å². The summed E-state index contributed by atoms with van der Waals surface area (Å²) in [7, 11) is 0. The van der Waals surface area contributed by atoms with Gasteiger partial charge in [0.15, 0.2) is 0 Å². The minimum absolute atomic E-state index is 0.863. The Morgan fingerprint density at radius 3 is 2.58 bits per heavy atom. The number of thioether (sulfide) groups is 1. The maximum atomic E-state index is 6.12. The number of rotatable bonds is 6. The molecule has 0 radical (unpaired) electrons. The molecule has 0 saturated heterocycles. The number of para-hydroxylation sites is 1. The summed E-state index contributed by atoms with van der Waals surface area (Å²) in [5, 5.41) is 4.32. The SMILES string of the molecule is Cc1ccccc1NCCSCc1ccccc1Cl. The van der Waals surface area contributed by atoms with Gasteiger partial charge in [-0.15, -0.1) is 0 Å². The molecular weight excluding hydrogens is 274 g/mol. The van der Waals surface area contributed by atoms with Gasteiger partial charge in [-0.2, -0.15) is 11.8 Å². The number of nitrogens with one attached hydrogen (secondary N) is 1. The van der Waals surface area contributed by atoms with E-state index in [-0.39, 0.29) is 0 Å². The zero-order valence-corrected chi connectivity index (χ0v) is 12.6. The Kier molecular flexibility index (Phi) is 5.62. The van der Waals surface area contributed by atoms with Gasteiger partial charge >= 0.3 is 0 Å². The van der Waals surface area contributed by atoms with Crippen LogP contribution in [0.2, 0.25) is 5.02 Å². The van der Waals surface area contributed by atoms with E-state index in [4.69, 9.17) is 11.6 Å². The molecule has 0 unspecified atom stereocenters. The summed E-state index contributed by atoms with van der Waals surface area (Å²) in [4.78, 5) is 0. The molecule has 2 aromatic carbocycles. The number of hydrogen-bond donors (Lipinski definition) is 1. The van der Waals surface area contributed by atoms with Gasteiger partial charge in [-0.1, -0.05) is 48.0 Å². The van der Waals surface area contributed by atoms with E-state index in [9.17, 15) is 0 Å². The average molecular weight is 292 g/mol. The fourth-order valence-corrected chi connectivity index (χ4v) is 2.97. The molecule has 0 bridgehead atoms. The molecule has 2 aromatic rings. The summed E-state index contributed by atoms with van der Waals surface area (Å²) in [6, 6.07) is 16.4. The van der Waals surface area contributed by atoms with Crippen LogP contribution in [-0.2, 0) is 5.75 Å². The van der Waals surface area contributed by atoms with Gasteiger partial charge in [0.05, 0.1) is 0 Å². The molecule has 2 rings (SSSR count). The lowest BCUT2D eigenvalue weighted by atomic mass is 10.2. The highest BCUT2D eigenvalue weighted by molar-refractivity contribution is 7.98. The van der Waals surface area contributed by atoms with E-state index < -0.39 is 0 Å². The zero-order chi connectivity index (χ0) is 13.5. The zero-order valence-electron chi connectivity index (χ0n) is 11.0. The van der Waals surface area contributed by atoms with E-state index >= 15 is 0 Å². The molecule has 1 nitrogen and oxygen atoms in total. The molecule has 19 heavy (non-hydrogen) atoms. The minimum atomic E-state index is 0.863. The van der Waals surface area contributed by atoms with Crippen molar-refractivity contribution in [2.45, 2.75) is 12.7 Å². The molecule has 0 fully saturated rings. The number of aryl methyl sites for hydroxylation is 1. The maximum Gasteiger partial charge on any atom is 0.0446 e. The van der Waals surface area contributed by atoms with E-state index in [0.717, 1.165) is 23.1 Å². The number of anilines is 1. The lowest BCUT2D eigenvalue weighted by molar-refractivity contribution is 1.21. The highest BCUT2D eigenvalue weighted by Crippen LogP contribution is 2.20. The molecule has 100 valence electrons. The summed E-state index contributed by atoms with van der Waals surface area (Å²) in [6.07, 6.45) is 0. The Labute approximate surface area is 124 Å². The second kappa shape index (κ2) is 7.46. The summed E-state index contributed by atoms with van der Waals surface area (Å²) in [5.74, 6) is 2.04. The third-order valence-corrected chi connectivity index (χ3v) is 4.30. The van der Waals surface area contributed by atoms with E-state index in [1.807, 2.05) is 30.0 Å². The molecule has 0 aliphatic carbocycles. The van der Waals surface area contributed by atoms with Crippen molar-refractivity contribution in [1.82, 2.24) is 0 Å². The van der Waals surface area contributed by atoms with Gasteiger partial charge in [-0.3, -0.25) is 0 Å². The van der Waals surface area contributed by atoms with Crippen molar-refractivity contribution in [3.05, 3.63) is 64.7 Å². The quantitative estimate of drug-likeness (QED) is 0.752. The summed E-state index contributed by atoms with van der Waals surface area (Å²) < 4.78 is 0. The summed E-state index contributed by atoms with van der Waals surface area (Å²) in [6.45, 7) is 3.10. The first-order chi connectivity index (χ1) is 9.27. The third kappa shape index (κ3) is 4.48. The minimum Gasteiger partial charge on any atom is -0.384 e. The van der Waals surface area contributed by atoms with Crippen LogP contribution in [0.1, 0.15) is 11.1 Å². The molecular formula is C16H18ClNS. The first-order valence-corrected chi connectivity index (χ1v) is 7.91. The van der Waals surface area contributed by atoms with Crippen molar-refractivity contribution in [3.63, 3.8) is 0 Å². The van der Waals surface area contributed by atoms with Crippen molar-refractivity contribution in [2.75, 3.05) is 17.6 Å². The smallest absolute Gasteiger partial charge is 0.0446 e. The predicted octanol–water partition coefficient (Wildman–Crippen LogP) is 4.99. The van der Waals surface area contributed by atoms with Gasteiger partial charge in [0, 0.05) is 28.8 Å².